The van der Waals surface area contributed by atoms with E-state index in [9.17, 15) is 8.42 Å². The fourth-order valence-electron chi connectivity index (χ4n) is 2.16. The van der Waals surface area contributed by atoms with E-state index in [0.717, 1.165) is 17.3 Å². The van der Waals surface area contributed by atoms with E-state index in [4.69, 9.17) is 17.3 Å². The summed E-state index contributed by atoms with van der Waals surface area (Å²) in [6.07, 6.45) is 0. The summed E-state index contributed by atoms with van der Waals surface area (Å²) < 4.78 is 28.4. The zero-order valence-corrected chi connectivity index (χ0v) is 15.6. The third-order valence-electron chi connectivity index (χ3n) is 3.42. The van der Waals surface area contributed by atoms with Crippen molar-refractivity contribution in [3.8, 4) is 0 Å². The molecule has 0 amide bonds. The summed E-state index contributed by atoms with van der Waals surface area (Å²) in [5, 5.41) is 3.37. The molecule has 0 saturated heterocycles. The van der Waals surface area contributed by atoms with Crippen molar-refractivity contribution in [3.05, 3.63) is 58.6 Å². The second-order valence-corrected chi connectivity index (χ2v) is 8.34. The van der Waals surface area contributed by atoms with Crippen molar-refractivity contribution in [3.63, 3.8) is 0 Å². The molecule has 0 radical (unpaired) electrons. The number of nitrogens with zero attached hydrogens (tertiary/aromatic N) is 2. The second kappa shape index (κ2) is 7.07. The molecule has 6 nitrogen and oxygen atoms in total. The number of aliphatic imine (C=N–C) groups is 1. The maximum absolute atomic E-state index is 12.3. The SMILES string of the molecule is Cc1cc2c(cc1Cl)SC(NC(N)=NCc1ccccc1)=NS2(=O)=O. The third-order valence-corrected chi connectivity index (χ3v) is 6.34. The van der Waals surface area contributed by atoms with Gasteiger partial charge in [0.15, 0.2) is 11.1 Å². The average molecular weight is 395 g/mol. The van der Waals surface area contributed by atoms with Crippen LogP contribution < -0.4 is 11.1 Å². The van der Waals surface area contributed by atoms with Gasteiger partial charge in [-0.05, 0) is 41.9 Å². The summed E-state index contributed by atoms with van der Waals surface area (Å²) in [4.78, 5) is 4.84. The Morgan fingerprint density at radius 3 is 2.76 bits per heavy atom. The first-order valence-electron chi connectivity index (χ1n) is 7.29. The van der Waals surface area contributed by atoms with Crippen LogP contribution in [0.3, 0.4) is 0 Å². The molecule has 3 rings (SSSR count). The first-order chi connectivity index (χ1) is 11.8. The van der Waals surface area contributed by atoms with Crippen molar-refractivity contribution in [1.29, 1.82) is 0 Å². The summed E-state index contributed by atoms with van der Waals surface area (Å²) in [5.74, 6) is 0.0898. The van der Waals surface area contributed by atoms with E-state index >= 15 is 0 Å². The van der Waals surface area contributed by atoms with Crippen molar-refractivity contribution in [2.45, 2.75) is 23.3 Å². The number of guanidine groups is 1. The number of hydrogen-bond acceptors (Lipinski definition) is 4. The molecule has 1 heterocycles. The second-order valence-electron chi connectivity index (χ2n) is 5.33. The Balaban J connectivity index is 1.80. The molecule has 25 heavy (non-hydrogen) atoms. The highest BCUT2D eigenvalue weighted by Gasteiger charge is 2.27. The fraction of sp³-hybridized carbons (Fsp3) is 0.125. The number of sulfonamides is 1. The molecule has 3 N–H and O–H groups in total. The maximum atomic E-state index is 12.3. The Labute approximate surface area is 155 Å². The normalized spacial score (nSPS) is 16.1. The van der Waals surface area contributed by atoms with E-state index in [1.165, 1.54) is 6.07 Å². The van der Waals surface area contributed by atoms with Crippen molar-refractivity contribution in [2.24, 2.45) is 15.1 Å². The zero-order valence-electron chi connectivity index (χ0n) is 13.2. The molecular formula is C16H15ClN4O2S2. The van der Waals surface area contributed by atoms with Gasteiger partial charge < -0.3 is 11.1 Å². The molecule has 1 aliphatic rings. The molecule has 9 heteroatoms. The van der Waals surface area contributed by atoms with Crippen LogP contribution in [0.1, 0.15) is 11.1 Å². The average Bonchev–Trinajstić information content (AvgIpc) is 2.55. The number of thioether (sulfide) groups is 1. The Morgan fingerprint density at radius 2 is 2.04 bits per heavy atom. The quantitative estimate of drug-likeness (QED) is 0.603. The molecule has 2 aromatic carbocycles. The van der Waals surface area contributed by atoms with Crippen LogP contribution in [0.5, 0.6) is 0 Å². The van der Waals surface area contributed by atoms with Gasteiger partial charge in [0.25, 0.3) is 10.0 Å². The highest BCUT2D eigenvalue weighted by Crippen LogP contribution is 2.36. The minimum atomic E-state index is -3.81. The number of benzene rings is 2. The van der Waals surface area contributed by atoms with E-state index in [1.807, 2.05) is 30.3 Å². The zero-order chi connectivity index (χ0) is 18.0. The van der Waals surface area contributed by atoms with Gasteiger partial charge in [0.05, 0.1) is 6.54 Å². The molecule has 0 aliphatic carbocycles. The van der Waals surface area contributed by atoms with Gasteiger partial charge in [-0.15, -0.1) is 4.40 Å². The standard InChI is InChI=1S/C16H15ClN4O2S2/c1-10-7-14-13(8-12(10)17)24-16(21-25(14,22)23)20-15(18)19-9-11-5-3-2-4-6-11/h2-8H,9H2,1H3,(H3,18,19,20,21). The van der Waals surface area contributed by atoms with E-state index in [0.29, 0.717) is 22.0 Å². The van der Waals surface area contributed by atoms with Gasteiger partial charge in [0.2, 0.25) is 0 Å². The Morgan fingerprint density at radius 1 is 1.32 bits per heavy atom. The predicted octanol–water partition coefficient (Wildman–Crippen LogP) is 2.90. The summed E-state index contributed by atoms with van der Waals surface area (Å²) in [6.45, 7) is 2.13. The largest absolute Gasteiger partial charge is 0.370 e. The van der Waals surface area contributed by atoms with Gasteiger partial charge >= 0.3 is 0 Å². The lowest BCUT2D eigenvalue weighted by atomic mass is 10.2. The molecule has 1 aliphatic heterocycles. The van der Waals surface area contributed by atoms with Gasteiger partial charge in [0.1, 0.15) is 4.90 Å². The minimum absolute atomic E-state index is 0.0898. The van der Waals surface area contributed by atoms with Crippen molar-refractivity contribution in [2.75, 3.05) is 0 Å². The predicted molar refractivity (Wildman–Crippen MR) is 102 cm³/mol. The number of hydrogen-bond donors (Lipinski definition) is 2. The molecule has 130 valence electrons. The number of halogens is 1. The van der Waals surface area contributed by atoms with Crippen LogP contribution in [-0.4, -0.2) is 19.5 Å². The van der Waals surface area contributed by atoms with Crippen LogP contribution in [0.2, 0.25) is 5.02 Å². The van der Waals surface area contributed by atoms with Gasteiger partial charge in [-0.1, -0.05) is 41.9 Å². The van der Waals surface area contributed by atoms with Crippen LogP contribution in [0, 0.1) is 6.92 Å². The van der Waals surface area contributed by atoms with E-state index in [-0.39, 0.29) is 16.0 Å². The minimum Gasteiger partial charge on any atom is -0.370 e. The molecule has 0 aromatic heterocycles. The number of nitrogens with two attached hydrogens (primary N) is 1. The Kier molecular flexibility index (Phi) is 5.03. The lowest BCUT2D eigenvalue weighted by Gasteiger charge is -2.17. The van der Waals surface area contributed by atoms with Crippen molar-refractivity contribution < 1.29 is 8.42 Å². The molecular weight excluding hydrogens is 380 g/mol. The third kappa shape index (κ3) is 4.15. The van der Waals surface area contributed by atoms with Crippen molar-refractivity contribution in [1.82, 2.24) is 5.32 Å². The fourth-order valence-corrected chi connectivity index (χ4v) is 4.97. The number of nitrogens with one attached hydrogen (secondary N) is 1. The topological polar surface area (TPSA) is 96.9 Å². The van der Waals surface area contributed by atoms with Gasteiger partial charge in [0, 0.05) is 9.92 Å². The van der Waals surface area contributed by atoms with Crippen LogP contribution in [0.15, 0.2) is 61.6 Å². The molecule has 0 unspecified atom stereocenters. The highest BCUT2D eigenvalue weighted by molar-refractivity contribution is 8.15. The van der Waals surface area contributed by atoms with E-state index in [2.05, 4.69) is 14.7 Å². The lowest BCUT2D eigenvalue weighted by molar-refractivity contribution is 0.595. The molecule has 0 fully saturated rings. The Bertz CT molecular complexity index is 973. The number of amidine groups is 1. The van der Waals surface area contributed by atoms with Gasteiger partial charge in [-0.25, -0.2) is 4.99 Å². The molecule has 0 bridgehead atoms. The van der Waals surface area contributed by atoms with E-state index < -0.39 is 10.0 Å². The summed E-state index contributed by atoms with van der Waals surface area (Å²) in [5.41, 5.74) is 7.51. The monoisotopic (exact) mass is 394 g/mol. The maximum Gasteiger partial charge on any atom is 0.285 e. The molecule has 0 spiro atoms. The summed E-state index contributed by atoms with van der Waals surface area (Å²) in [7, 11) is -3.81. The molecule has 0 atom stereocenters. The lowest BCUT2D eigenvalue weighted by Crippen LogP contribution is -2.36. The van der Waals surface area contributed by atoms with Crippen molar-refractivity contribution >= 4 is 44.5 Å². The van der Waals surface area contributed by atoms with E-state index in [1.54, 1.807) is 13.0 Å². The van der Waals surface area contributed by atoms with Gasteiger partial charge in [-0.3, -0.25) is 0 Å². The summed E-state index contributed by atoms with van der Waals surface area (Å²) in [6, 6.07) is 12.7. The highest BCUT2D eigenvalue weighted by atomic mass is 35.5. The molecule has 2 aromatic rings. The number of rotatable bonds is 2. The van der Waals surface area contributed by atoms with Crippen LogP contribution >= 0.6 is 23.4 Å². The first kappa shape index (κ1) is 17.8. The Hall–Kier alpha value is -2.03. The van der Waals surface area contributed by atoms with Gasteiger partial charge in [-0.2, -0.15) is 8.42 Å². The van der Waals surface area contributed by atoms with Crippen LogP contribution in [0.25, 0.3) is 0 Å². The van der Waals surface area contributed by atoms with Crippen LogP contribution in [-0.2, 0) is 16.6 Å². The number of fused-ring (bicyclic) bond motifs is 1. The van der Waals surface area contributed by atoms with Crippen LogP contribution in [0.4, 0.5) is 0 Å². The first-order valence-corrected chi connectivity index (χ1v) is 9.92. The number of aryl methyl sites for hydroxylation is 1. The molecule has 0 saturated carbocycles. The smallest absolute Gasteiger partial charge is 0.285 e. The summed E-state index contributed by atoms with van der Waals surface area (Å²) >= 11 is 7.24.